The molecular formula is C29H25N3O. The minimum Gasteiger partial charge on any atom is -0.353 e. The van der Waals surface area contributed by atoms with Crippen LogP contribution in [0.15, 0.2) is 71.8 Å². The molecule has 0 unspecified atom stereocenters. The fourth-order valence-electron chi connectivity index (χ4n) is 6.09. The average molecular weight is 432 g/mol. The van der Waals surface area contributed by atoms with Crippen molar-refractivity contribution in [1.29, 1.82) is 10.5 Å². The third kappa shape index (κ3) is 3.21. The molecule has 4 aliphatic rings. The second-order valence-electron chi connectivity index (χ2n) is 9.73. The number of para-hydroxylation sites is 1. The topological polar surface area (TPSA) is 67.9 Å². The van der Waals surface area contributed by atoms with E-state index >= 15 is 0 Å². The van der Waals surface area contributed by atoms with Crippen LogP contribution in [0.4, 0.5) is 5.69 Å². The summed E-state index contributed by atoms with van der Waals surface area (Å²) in [4.78, 5) is 16.2. The maximum absolute atomic E-state index is 13.9. The second kappa shape index (κ2) is 7.75. The predicted molar refractivity (Wildman–Crippen MR) is 127 cm³/mol. The zero-order valence-corrected chi connectivity index (χ0v) is 18.4. The summed E-state index contributed by atoms with van der Waals surface area (Å²) in [5.41, 5.74) is 4.54. The summed E-state index contributed by atoms with van der Waals surface area (Å²) in [5, 5.41) is 19.8. The van der Waals surface area contributed by atoms with Gasteiger partial charge in [0.25, 0.3) is 0 Å². The van der Waals surface area contributed by atoms with Crippen LogP contribution < -0.4 is 4.90 Å². The van der Waals surface area contributed by atoms with Crippen LogP contribution in [-0.4, -0.2) is 17.9 Å². The average Bonchev–Trinajstić information content (AvgIpc) is 3.78. The first-order valence-corrected chi connectivity index (χ1v) is 11.9. The highest BCUT2D eigenvalue weighted by molar-refractivity contribution is 5.95. The number of hydrogen-bond acceptors (Lipinski definition) is 4. The van der Waals surface area contributed by atoms with Crippen molar-refractivity contribution in [3.8, 4) is 12.1 Å². The van der Waals surface area contributed by atoms with Gasteiger partial charge in [0.2, 0.25) is 0 Å². The van der Waals surface area contributed by atoms with E-state index in [0.29, 0.717) is 5.78 Å². The van der Waals surface area contributed by atoms with Crippen LogP contribution in [0.25, 0.3) is 6.08 Å². The lowest BCUT2D eigenvalue weighted by molar-refractivity contribution is -0.121. The quantitative estimate of drug-likeness (QED) is 0.594. The van der Waals surface area contributed by atoms with Crippen molar-refractivity contribution < 1.29 is 4.79 Å². The molecule has 4 heteroatoms. The smallest absolute Gasteiger partial charge is 0.158 e. The van der Waals surface area contributed by atoms with Crippen molar-refractivity contribution in [2.75, 3.05) is 4.90 Å². The van der Waals surface area contributed by atoms with E-state index in [0.717, 1.165) is 48.1 Å². The van der Waals surface area contributed by atoms with Gasteiger partial charge in [-0.2, -0.15) is 10.5 Å². The van der Waals surface area contributed by atoms with Gasteiger partial charge in [0.05, 0.1) is 12.1 Å². The molecule has 1 saturated heterocycles. The van der Waals surface area contributed by atoms with Crippen molar-refractivity contribution in [1.82, 2.24) is 0 Å². The van der Waals surface area contributed by atoms with E-state index in [9.17, 15) is 15.3 Å². The molecule has 162 valence electrons. The van der Waals surface area contributed by atoms with E-state index in [1.165, 1.54) is 0 Å². The maximum atomic E-state index is 13.9. The molecule has 0 radical (unpaired) electrons. The lowest BCUT2D eigenvalue weighted by Gasteiger charge is -2.36. The third-order valence-electron chi connectivity index (χ3n) is 7.75. The normalized spacial score (nSPS) is 27.2. The molecule has 0 bridgehead atoms. The Morgan fingerprint density at radius 2 is 1.55 bits per heavy atom. The number of benzene rings is 2. The van der Waals surface area contributed by atoms with Crippen LogP contribution in [0, 0.1) is 40.4 Å². The molecular weight excluding hydrogens is 406 g/mol. The molecule has 0 aromatic heterocycles. The lowest BCUT2D eigenvalue weighted by Crippen LogP contribution is -2.44. The van der Waals surface area contributed by atoms with Crippen LogP contribution in [-0.2, 0) is 4.79 Å². The van der Waals surface area contributed by atoms with Crippen LogP contribution >= 0.6 is 0 Å². The van der Waals surface area contributed by atoms with Gasteiger partial charge in [0, 0.05) is 23.4 Å². The molecule has 2 aromatic carbocycles. The van der Waals surface area contributed by atoms with E-state index in [2.05, 4.69) is 53.5 Å². The summed E-state index contributed by atoms with van der Waals surface area (Å²) in [6.45, 7) is 0. The molecule has 6 rings (SSSR count). The van der Waals surface area contributed by atoms with Gasteiger partial charge >= 0.3 is 0 Å². The summed E-state index contributed by atoms with van der Waals surface area (Å²) in [6.07, 6.45) is 8.30. The van der Waals surface area contributed by atoms with Crippen LogP contribution in [0.2, 0.25) is 0 Å². The summed E-state index contributed by atoms with van der Waals surface area (Å²) in [6, 6.07) is 22.6. The first-order chi connectivity index (χ1) is 16.2. The van der Waals surface area contributed by atoms with Crippen molar-refractivity contribution in [3.63, 3.8) is 0 Å². The van der Waals surface area contributed by atoms with Crippen molar-refractivity contribution >= 4 is 17.5 Å². The number of allylic oxidation sites excluding steroid dienone is 1. The van der Waals surface area contributed by atoms with Crippen LogP contribution in [0.5, 0.6) is 0 Å². The van der Waals surface area contributed by atoms with Crippen LogP contribution in [0.1, 0.15) is 42.7 Å². The highest BCUT2D eigenvalue weighted by Gasteiger charge is 2.57. The van der Waals surface area contributed by atoms with Crippen molar-refractivity contribution in [2.24, 2.45) is 17.8 Å². The maximum Gasteiger partial charge on any atom is 0.158 e. The minimum absolute atomic E-state index is 0.0508. The molecule has 0 spiro atoms. The zero-order valence-electron chi connectivity index (χ0n) is 18.4. The Bertz CT molecular complexity index is 1240. The Kier molecular flexibility index (Phi) is 4.70. The number of anilines is 1. The molecule has 2 aliphatic carbocycles. The number of Topliss-reactive ketones (excluding diaryl/α,β-unsaturated/α-hetero) is 1. The van der Waals surface area contributed by atoms with Gasteiger partial charge in [0.15, 0.2) is 5.78 Å². The number of nitriles is 2. The molecule has 0 N–H and O–H groups in total. The molecule has 4 atom stereocenters. The highest BCUT2D eigenvalue weighted by atomic mass is 16.1. The molecule has 0 amide bonds. The summed E-state index contributed by atoms with van der Waals surface area (Å²) in [7, 11) is 0. The van der Waals surface area contributed by atoms with Crippen LogP contribution in [0.3, 0.4) is 0 Å². The third-order valence-corrected chi connectivity index (χ3v) is 7.75. The molecule has 3 fully saturated rings. The molecule has 2 aliphatic heterocycles. The largest absolute Gasteiger partial charge is 0.353 e. The summed E-state index contributed by atoms with van der Waals surface area (Å²) < 4.78 is 0. The first kappa shape index (κ1) is 20.0. The molecule has 33 heavy (non-hydrogen) atoms. The standard InChI is InChI=1S/C29H25N3O/c30-16-22(17-31)25(20-10-11-20)27-24-15-14-18-6-4-5-9-23(18)32(24)28(29(33)21-12-13-21)26(27)19-7-2-1-3-8-19/h1-9,14-15,20-21,24,26-28H,10-13H2/t24-,26+,27-,28-/m0/s1. The van der Waals surface area contributed by atoms with Gasteiger partial charge < -0.3 is 4.90 Å². The molecule has 4 nitrogen and oxygen atoms in total. The van der Waals surface area contributed by atoms with Gasteiger partial charge in [-0.05, 0) is 54.4 Å². The van der Waals surface area contributed by atoms with Crippen molar-refractivity contribution in [2.45, 2.75) is 43.7 Å². The SMILES string of the molecule is N#CC(C#N)=C(C1CC1)[C@H]1[C@@H](c2ccccc2)[C@@H](C(=O)C2CC2)N2c3ccccc3C=C[C@@H]12. The number of rotatable bonds is 5. The Labute approximate surface area is 194 Å². The number of ketones is 1. The molecule has 2 saturated carbocycles. The van der Waals surface area contributed by atoms with E-state index in [-0.39, 0.29) is 41.3 Å². The van der Waals surface area contributed by atoms with Gasteiger partial charge in [-0.25, -0.2) is 0 Å². The number of fused-ring (bicyclic) bond motifs is 3. The monoisotopic (exact) mass is 431 g/mol. The zero-order chi connectivity index (χ0) is 22.5. The Morgan fingerprint density at radius 1 is 0.879 bits per heavy atom. The number of carbonyl (C=O) groups excluding carboxylic acids is 1. The van der Waals surface area contributed by atoms with E-state index in [1.807, 2.05) is 30.3 Å². The number of nitrogens with zero attached hydrogens (tertiary/aromatic N) is 3. The van der Waals surface area contributed by atoms with E-state index in [4.69, 9.17) is 0 Å². The predicted octanol–water partition coefficient (Wildman–Crippen LogP) is 5.40. The minimum atomic E-state index is -0.298. The Morgan fingerprint density at radius 3 is 2.21 bits per heavy atom. The number of carbonyl (C=O) groups is 1. The highest BCUT2D eigenvalue weighted by Crippen LogP contribution is 2.57. The fraction of sp³-hybridized carbons (Fsp3) is 0.345. The van der Waals surface area contributed by atoms with Gasteiger partial charge in [-0.3, -0.25) is 4.79 Å². The Balaban J connectivity index is 1.61. The first-order valence-electron chi connectivity index (χ1n) is 11.9. The summed E-state index contributed by atoms with van der Waals surface area (Å²) in [5.74, 6) is 0.530. The van der Waals surface area contributed by atoms with Gasteiger partial charge in [-0.1, -0.05) is 60.7 Å². The molecule has 2 heterocycles. The van der Waals surface area contributed by atoms with Gasteiger partial charge in [-0.15, -0.1) is 0 Å². The fourth-order valence-corrected chi connectivity index (χ4v) is 6.09. The van der Waals surface area contributed by atoms with Crippen molar-refractivity contribution in [3.05, 3.63) is 82.9 Å². The second-order valence-corrected chi connectivity index (χ2v) is 9.73. The van der Waals surface area contributed by atoms with E-state index in [1.54, 1.807) is 0 Å². The molecule has 2 aromatic rings. The van der Waals surface area contributed by atoms with E-state index < -0.39 is 0 Å². The Hall–Kier alpha value is -3.63. The number of hydrogen-bond donors (Lipinski definition) is 0. The summed E-state index contributed by atoms with van der Waals surface area (Å²) >= 11 is 0. The lowest BCUT2D eigenvalue weighted by atomic mass is 9.73. The van der Waals surface area contributed by atoms with Gasteiger partial charge in [0.1, 0.15) is 17.7 Å².